The minimum absolute atomic E-state index is 0.0496. The number of nitrogens with one attached hydrogen (secondary N) is 1. The lowest BCUT2D eigenvalue weighted by Crippen LogP contribution is -2.01. The highest BCUT2D eigenvalue weighted by atomic mass is 16.4. The Morgan fingerprint density at radius 2 is 2.29 bits per heavy atom. The summed E-state index contributed by atoms with van der Waals surface area (Å²) in [4.78, 5) is 4.12. The molecule has 2 heterocycles. The van der Waals surface area contributed by atoms with Crippen LogP contribution in [-0.4, -0.2) is 15.2 Å². The molecule has 0 saturated carbocycles. The quantitative estimate of drug-likeness (QED) is 0.740. The Morgan fingerprint density at radius 3 is 2.93 bits per heavy atom. The first kappa shape index (κ1) is 8.49. The zero-order valence-corrected chi connectivity index (χ0v) is 7.34. The van der Waals surface area contributed by atoms with Crippen molar-refractivity contribution in [3.05, 3.63) is 30.1 Å². The maximum absolute atomic E-state index is 5.25. The lowest BCUT2D eigenvalue weighted by atomic mass is 10.3. The number of aromatic nitrogens is 3. The van der Waals surface area contributed by atoms with Gasteiger partial charge >= 0.3 is 12.0 Å². The van der Waals surface area contributed by atoms with Crippen molar-refractivity contribution in [1.29, 1.82) is 0 Å². The van der Waals surface area contributed by atoms with Gasteiger partial charge < -0.3 is 15.5 Å². The highest BCUT2D eigenvalue weighted by Gasteiger charge is 2.01. The molecule has 2 aromatic heterocycles. The maximum Gasteiger partial charge on any atom is 0.317 e. The van der Waals surface area contributed by atoms with E-state index in [0.29, 0.717) is 12.6 Å². The molecule has 0 fully saturated rings. The molecule has 0 aromatic carbocycles. The molecule has 0 atom stereocenters. The molecule has 0 radical (unpaired) electrons. The second-order valence-corrected chi connectivity index (χ2v) is 2.62. The Kier molecular flexibility index (Phi) is 2.26. The van der Waals surface area contributed by atoms with Crippen LogP contribution in [0.1, 0.15) is 5.69 Å². The van der Waals surface area contributed by atoms with Crippen molar-refractivity contribution in [1.82, 2.24) is 15.2 Å². The molecule has 14 heavy (non-hydrogen) atoms. The van der Waals surface area contributed by atoms with Crippen molar-refractivity contribution in [3.8, 4) is 0 Å². The van der Waals surface area contributed by atoms with E-state index in [2.05, 4.69) is 20.5 Å². The van der Waals surface area contributed by atoms with Crippen molar-refractivity contribution in [2.45, 2.75) is 6.54 Å². The SMILES string of the molecule is Nc1nnc(NCc2ccccn2)o1. The van der Waals surface area contributed by atoms with Gasteiger partial charge in [-0.2, -0.15) is 0 Å². The molecule has 0 bridgehead atoms. The van der Waals surface area contributed by atoms with Crippen LogP contribution < -0.4 is 11.1 Å². The van der Waals surface area contributed by atoms with Gasteiger partial charge in [-0.3, -0.25) is 4.98 Å². The van der Waals surface area contributed by atoms with E-state index in [0.717, 1.165) is 5.69 Å². The first-order valence-corrected chi connectivity index (χ1v) is 4.07. The predicted octanol–water partition coefficient (Wildman–Crippen LogP) is 0.659. The minimum atomic E-state index is 0.0496. The third kappa shape index (κ3) is 1.98. The van der Waals surface area contributed by atoms with E-state index in [4.69, 9.17) is 10.2 Å². The Labute approximate surface area is 80.2 Å². The van der Waals surface area contributed by atoms with E-state index in [1.807, 2.05) is 18.2 Å². The van der Waals surface area contributed by atoms with Gasteiger partial charge in [0.05, 0.1) is 12.2 Å². The van der Waals surface area contributed by atoms with Crippen LogP contribution in [0.2, 0.25) is 0 Å². The van der Waals surface area contributed by atoms with E-state index in [1.54, 1.807) is 6.20 Å². The molecule has 3 N–H and O–H groups in total. The number of hydrogen-bond donors (Lipinski definition) is 2. The summed E-state index contributed by atoms with van der Waals surface area (Å²) in [6.45, 7) is 0.530. The summed E-state index contributed by atoms with van der Waals surface area (Å²) >= 11 is 0. The average Bonchev–Trinajstić information content (AvgIpc) is 2.63. The smallest absolute Gasteiger partial charge is 0.317 e. The second kappa shape index (κ2) is 3.73. The standard InChI is InChI=1S/C8H9N5O/c9-7-12-13-8(14-7)11-5-6-3-1-2-4-10-6/h1-4H,5H2,(H2,9,12)(H,11,13). The summed E-state index contributed by atoms with van der Waals surface area (Å²) in [5, 5.41) is 10.1. The van der Waals surface area contributed by atoms with Gasteiger partial charge in [0.2, 0.25) is 0 Å². The lowest BCUT2D eigenvalue weighted by molar-refractivity contribution is 0.586. The van der Waals surface area contributed by atoms with E-state index in [-0.39, 0.29) is 6.01 Å². The zero-order valence-electron chi connectivity index (χ0n) is 7.34. The van der Waals surface area contributed by atoms with Crippen molar-refractivity contribution in [2.75, 3.05) is 11.1 Å². The first-order valence-electron chi connectivity index (χ1n) is 4.07. The van der Waals surface area contributed by atoms with Gasteiger partial charge in [-0.05, 0) is 12.1 Å². The number of pyridine rings is 1. The summed E-state index contributed by atoms with van der Waals surface area (Å²) in [5.41, 5.74) is 6.14. The highest BCUT2D eigenvalue weighted by molar-refractivity contribution is 5.23. The van der Waals surface area contributed by atoms with E-state index < -0.39 is 0 Å². The van der Waals surface area contributed by atoms with Crippen LogP contribution in [0.4, 0.5) is 12.0 Å². The number of anilines is 2. The topological polar surface area (TPSA) is 89.9 Å². The minimum Gasteiger partial charge on any atom is -0.390 e. The fraction of sp³-hybridized carbons (Fsp3) is 0.125. The average molecular weight is 191 g/mol. The van der Waals surface area contributed by atoms with Crippen LogP contribution in [0.15, 0.2) is 28.8 Å². The summed E-state index contributed by atoms with van der Waals surface area (Å²) in [7, 11) is 0. The van der Waals surface area contributed by atoms with Crippen molar-refractivity contribution in [3.63, 3.8) is 0 Å². The second-order valence-electron chi connectivity index (χ2n) is 2.62. The Balaban J connectivity index is 1.95. The summed E-state index contributed by atoms with van der Waals surface area (Å²) in [6, 6.07) is 6.01. The van der Waals surface area contributed by atoms with Crippen LogP contribution in [-0.2, 0) is 6.54 Å². The van der Waals surface area contributed by atoms with Crippen LogP contribution in [0.25, 0.3) is 0 Å². The van der Waals surface area contributed by atoms with Crippen LogP contribution in [0, 0.1) is 0 Å². The third-order valence-corrected chi connectivity index (χ3v) is 1.59. The Morgan fingerprint density at radius 1 is 1.36 bits per heavy atom. The molecule has 0 unspecified atom stereocenters. The van der Waals surface area contributed by atoms with Gasteiger partial charge in [0.15, 0.2) is 0 Å². The highest BCUT2D eigenvalue weighted by Crippen LogP contribution is 2.07. The van der Waals surface area contributed by atoms with Gasteiger partial charge in [0, 0.05) is 6.20 Å². The van der Waals surface area contributed by atoms with Gasteiger partial charge in [-0.15, -0.1) is 0 Å². The van der Waals surface area contributed by atoms with Crippen molar-refractivity contribution in [2.24, 2.45) is 0 Å². The normalized spacial score (nSPS) is 10.0. The number of nitrogens with two attached hydrogens (primary N) is 1. The molecule has 0 saturated heterocycles. The molecule has 6 nitrogen and oxygen atoms in total. The third-order valence-electron chi connectivity index (χ3n) is 1.59. The molecule has 6 heteroatoms. The van der Waals surface area contributed by atoms with Crippen LogP contribution in [0.5, 0.6) is 0 Å². The fourth-order valence-corrected chi connectivity index (χ4v) is 0.975. The fourth-order valence-electron chi connectivity index (χ4n) is 0.975. The largest absolute Gasteiger partial charge is 0.390 e. The molecule has 72 valence electrons. The molecule has 2 aromatic rings. The number of nitrogens with zero attached hydrogens (tertiary/aromatic N) is 3. The molecule has 0 spiro atoms. The molecule has 0 amide bonds. The van der Waals surface area contributed by atoms with Gasteiger partial charge in [-0.25, -0.2) is 0 Å². The molecule has 0 aliphatic carbocycles. The molecule has 2 rings (SSSR count). The van der Waals surface area contributed by atoms with Crippen molar-refractivity contribution >= 4 is 12.0 Å². The van der Waals surface area contributed by atoms with Crippen LogP contribution >= 0.6 is 0 Å². The molecular formula is C8H9N5O. The van der Waals surface area contributed by atoms with E-state index in [9.17, 15) is 0 Å². The summed E-state index contributed by atoms with van der Waals surface area (Å²) < 4.78 is 4.92. The van der Waals surface area contributed by atoms with E-state index in [1.165, 1.54) is 0 Å². The van der Waals surface area contributed by atoms with Crippen LogP contribution in [0.3, 0.4) is 0 Å². The van der Waals surface area contributed by atoms with Gasteiger partial charge in [-0.1, -0.05) is 16.3 Å². The first-order chi connectivity index (χ1) is 6.84. The molecule has 0 aliphatic rings. The summed E-state index contributed by atoms with van der Waals surface area (Å²) in [5.74, 6) is 0. The lowest BCUT2D eigenvalue weighted by Gasteiger charge is -1.98. The number of hydrogen-bond acceptors (Lipinski definition) is 6. The maximum atomic E-state index is 5.25. The molecule has 0 aliphatic heterocycles. The molecular weight excluding hydrogens is 182 g/mol. The van der Waals surface area contributed by atoms with Crippen molar-refractivity contribution < 1.29 is 4.42 Å². The Hall–Kier alpha value is -2.11. The zero-order chi connectivity index (χ0) is 9.80. The monoisotopic (exact) mass is 191 g/mol. The van der Waals surface area contributed by atoms with Gasteiger partial charge in [0.1, 0.15) is 0 Å². The van der Waals surface area contributed by atoms with Gasteiger partial charge in [0.25, 0.3) is 0 Å². The summed E-state index contributed by atoms with van der Waals surface area (Å²) in [6.07, 6.45) is 1.72. The predicted molar refractivity (Wildman–Crippen MR) is 50.3 cm³/mol. The Bertz CT molecular complexity index is 399. The number of rotatable bonds is 3. The van der Waals surface area contributed by atoms with E-state index >= 15 is 0 Å². The number of nitrogen functional groups attached to an aromatic ring is 1.